The van der Waals surface area contributed by atoms with Crippen LogP contribution in [0.1, 0.15) is 42.0 Å². The van der Waals surface area contributed by atoms with E-state index < -0.39 is 6.04 Å². The SMILES string of the molecule is Cc1nc(N)ccc1CNC(=O)[C@@H]1CCN1C(=O)[C@H]1C[C@@H](c2ccccc2)CCN1. The molecule has 7 heteroatoms. The van der Waals surface area contributed by atoms with E-state index in [0.29, 0.717) is 31.2 Å². The average molecular weight is 408 g/mol. The Bertz CT molecular complexity index is 917. The highest BCUT2D eigenvalue weighted by Crippen LogP contribution is 2.29. The maximum atomic E-state index is 13.1. The number of benzene rings is 1. The molecule has 0 radical (unpaired) electrons. The molecule has 0 spiro atoms. The van der Waals surface area contributed by atoms with Crippen molar-refractivity contribution < 1.29 is 9.59 Å². The normalized spacial score (nSPS) is 23.5. The minimum atomic E-state index is -0.390. The molecule has 2 saturated heterocycles. The molecule has 7 nitrogen and oxygen atoms in total. The maximum Gasteiger partial charge on any atom is 0.243 e. The zero-order chi connectivity index (χ0) is 21.1. The highest BCUT2D eigenvalue weighted by molar-refractivity contribution is 5.91. The summed E-state index contributed by atoms with van der Waals surface area (Å²) >= 11 is 0. The van der Waals surface area contributed by atoms with Crippen LogP contribution in [0.2, 0.25) is 0 Å². The molecule has 1 aromatic carbocycles. The van der Waals surface area contributed by atoms with Crippen LogP contribution in [0.5, 0.6) is 0 Å². The van der Waals surface area contributed by atoms with Gasteiger partial charge in [-0.15, -0.1) is 0 Å². The second-order valence-corrected chi connectivity index (χ2v) is 8.17. The van der Waals surface area contributed by atoms with Gasteiger partial charge in [-0.05, 0) is 55.8 Å². The van der Waals surface area contributed by atoms with Gasteiger partial charge in [0.1, 0.15) is 11.9 Å². The van der Waals surface area contributed by atoms with Gasteiger partial charge in [0.15, 0.2) is 0 Å². The smallest absolute Gasteiger partial charge is 0.243 e. The molecular formula is C23H29N5O2. The van der Waals surface area contributed by atoms with Crippen molar-refractivity contribution in [2.75, 3.05) is 18.8 Å². The van der Waals surface area contributed by atoms with Gasteiger partial charge >= 0.3 is 0 Å². The molecule has 1 aromatic heterocycles. The van der Waals surface area contributed by atoms with Crippen LogP contribution in [0.3, 0.4) is 0 Å². The standard InChI is InChI=1S/C23H29N5O2/c1-15-18(7-8-21(24)27-15)14-26-22(29)20-10-12-28(20)23(30)19-13-17(9-11-25-19)16-5-3-2-4-6-16/h2-8,17,19-20,25H,9-14H2,1H3,(H2,24,27)(H,26,29)/t17-,19+,20-/m0/s1. The van der Waals surface area contributed by atoms with E-state index in [4.69, 9.17) is 5.73 Å². The van der Waals surface area contributed by atoms with Gasteiger partial charge in [-0.2, -0.15) is 0 Å². The van der Waals surface area contributed by atoms with Crippen LogP contribution in [0.25, 0.3) is 0 Å². The van der Waals surface area contributed by atoms with Crippen LogP contribution in [0.4, 0.5) is 5.82 Å². The summed E-state index contributed by atoms with van der Waals surface area (Å²) in [5, 5.41) is 6.30. The van der Waals surface area contributed by atoms with E-state index in [0.717, 1.165) is 30.6 Å². The number of nitrogen functional groups attached to an aromatic ring is 1. The molecule has 158 valence electrons. The first-order valence-electron chi connectivity index (χ1n) is 10.6. The molecule has 2 aliphatic heterocycles. The van der Waals surface area contributed by atoms with Gasteiger partial charge in [-0.1, -0.05) is 36.4 Å². The predicted molar refractivity (Wildman–Crippen MR) is 116 cm³/mol. The fourth-order valence-electron chi connectivity index (χ4n) is 4.35. The molecule has 4 rings (SSSR count). The van der Waals surface area contributed by atoms with Crippen molar-refractivity contribution in [3.05, 3.63) is 59.3 Å². The van der Waals surface area contributed by atoms with Gasteiger partial charge < -0.3 is 21.3 Å². The predicted octanol–water partition coefficient (Wildman–Crippen LogP) is 1.73. The minimum absolute atomic E-state index is 0.0346. The Balaban J connectivity index is 1.34. The number of nitrogens with one attached hydrogen (secondary N) is 2. The number of piperidine rings is 1. The number of likely N-dealkylation sites (tertiary alicyclic amines) is 1. The number of carbonyl (C=O) groups is 2. The lowest BCUT2D eigenvalue weighted by Crippen LogP contribution is -2.62. The van der Waals surface area contributed by atoms with E-state index >= 15 is 0 Å². The molecule has 0 saturated carbocycles. The van der Waals surface area contributed by atoms with Crippen LogP contribution in [-0.4, -0.2) is 46.9 Å². The molecule has 3 atom stereocenters. The number of aryl methyl sites for hydroxylation is 1. The summed E-state index contributed by atoms with van der Waals surface area (Å²) in [4.78, 5) is 31.7. The van der Waals surface area contributed by atoms with Crippen LogP contribution < -0.4 is 16.4 Å². The van der Waals surface area contributed by atoms with E-state index in [-0.39, 0.29) is 17.9 Å². The van der Waals surface area contributed by atoms with Gasteiger partial charge in [0, 0.05) is 18.8 Å². The number of hydrogen-bond acceptors (Lipinski definition) is 5. The number of nitrogens with zero attached hydrogens (tertiary/aromatic N) is 2. The minimum Gasteiger partial charge on any atom is -0.384 e. The Hall–Kier alpha value is -2.93. The highest BCUT2D eigenvalue weighted by atomic mass is 16.2. The van der Waals surface area contributed by atoms with Gasteiger partial charge in [0.05, 0.1) is 6.04 Å². The largest absolute Gasteiger partial charge is 0.384 e. The topological polar surface area (TPSA) is 100 Å². The molecule has 2 aromatic rings. The molecular weight excluding hydrogens is 378 g/mol. The van der Waals surface area contributed by atoms with E-state index in [1.165, 1.54) is 5.56 Å². The Kier molecular flexibility index (Phi) is 5.99. The molecule has 4 N–H and O–H groups in total. The molecule has 2 aliphatic rings. The Morgan fingerprint density at radius 3 is 2.70 bits per heavy atom. The lowest BCUT2D eigenvalue weighted by atomic mass is 9.85. The van der Waals surface area contributed by atoms with Crippen LogP contribution in [0.15, 0.2) is 42.5 Å². The summed E-state index contributed by atoms with van der Waals surface area (Å²) in [6, 6.07) is 13.3. The summed E-state index contributed by atoms with van der Waals surface area (Å²) < 4.78 is 0. The van der Waals surface area contributed by atoms with Gasteiger partial charge in [0.2, 0.25) is 11.8 Å². The molecule has 2 amide bonds. The highest BCUT2D eigenvalue weighted by Gasteiger charge is 2.41. The molecule has 0 bridgehead atoms. The third-order valence-corrected chi connectivity index (χ3v) is 6.25. The van der Waals surface area contributed by atoms with Crippen LogP contribution in [-0.2, 0) is 16.1 Å². The number of carbonyl (C=O) groups excluding carboxylic acids is 2. The van der Waals surface area contributed by atoms with Crippen molar-refractivity contribution in [1.82, 2.24) is 20.5 Å². The monoisotopic (exact) mass is 407 g/mol. The van der Waals surface area contributed by atoms with E-state index in [2.05, 4.69) is 27.8 Å². The van der Waals surface area contributed by atoms with E-state index in [1.54, 1.807) is 11.0 Å². The molecule has 30 heavy (non-hydrogen) atoms. The van der Waals surface area contributed by atoms with Crippen LogP contribution >= 0.6 is 0 Å². The van der Waals surface area contributed by atoms with Crippen molar-refractivity contribution >= 4 is 17.6 Å². The van der Waals surface area contributed by atoms with Crippen molar-refractivity contribution in [2.24, 2.45) is 0 Å². The van der Waals surface area contributed by atoms with E-state index in [1.807, 2.05) is 31.2 Å². The first kappa shape index (κ1) is 20.3. The number of aromatic nitrogens is 1. The number of hydrogen-bond donors (Lipinski definition) is 3. The quantitative estimate of drug-likeness (QED) is 0.701. The second-order valence-electron chi connectivity index (χ2n) is 8.17. The van der Waals surface area contributed by atoms with Crippen molar-refractivity contribution in [3.8, 4) is 0 Å². The fraction of sp³-hybridized carbons (Fsp3) is 0.435. The fourth-order valence-corrected chi connectivity index (χ4v) is 4.35. The van der Waals surface area contributed by atoms with Crippen molar-refractivity contribution in [3.63, 3.8) is 0 Å². The Morgan fingerprint density at radius 1 is 1.20 bits per heavy atom. The number of pyridine rings is 1. The number of amides is 2. The Morgan fingerprint density at radius 2 is 2.00 bits per heavy atom. The molecule has 3 heterocycles. The van der Waals surface area contributed by atoms with Crippen molar-refractivity contribution in [2.45, 2.75) is 50.7 Å². The Labute approximate surface area is 177 Å². The van der Waals surface area contributed by atoms with E-state index in [9.17, 15) is 9.59 Å². The summed E-state index contributed by atoms with van der Waals surface area (Å²) in [5.74, 6) is 0.761. The second kappa shape index (κ2) is 8.83. The summed E-state index contributed by atoms with van der Waals surface area (Å²) in [7, 11) is 0. The zero-order valence-electron chi connectivity index (χ0n) is 17.3. The molecule has 0 aliphatic carbocycles. The molecule has 2 fully saturated rings. The third kappa shape index (κ3) is 4.31. The van der Waals surface area contributed by atoms with Gasteiger partial charge in [-0.3, -0.25) is 9.59 Å². The first-order chi connectivity index (χ1) is 14.5. The van der Waals surface area contributed by atoms with Gasteiger partial charge in [0.25, 0.3) is 0 Å². The lowest BCUT2D eigenvalue weighted by Gasteiger charge is -2.43. The summed E-state index contributed by atoms with van der Waals surface area (Å²) in [6.45, 7) is 3.70. The van der Waals surface area contributed by atoms with Gasteiger partial charge in [-0.25, -0.2) is 4.98 Å². The summed E-state index contributed by atoms with van der Waals surface area (Å²) in [6.07, 6.45) is 2.49. The van der Waals surface area contributed by atoms with Crippen LogP contribution in [0, 0.1) is 6.92 Å². The zero-order valence-corrected chi connectivity index (χ0v) is 17.3. The lowest BCUT2D eigenvalue weighted by molar-refractivity contribution is -0.149. The third-order valence-electron chi connectivity index (χ3n) is 6.25. The summed E-state index contributed by atoms with van der Waals surface area (Å²) in [5.41, 5.74) is 8.69. The first-order valence-corrected chi connectivity index (χ1v) is 10.6. The number of nitrogens with two attached hydrogens (primary N) is 1. The molecule has 0 unspecified atom stereocenters. The maximum absolute atomic E-state index is 13.1. The van der Waals surface area contributed by atoms with Crippen molar-refractivity contribution in [1.29, 1.82) is 0 Å². The number of anilines is 1. The number of rotatable bonds is 5. The average Bonchev–Trinajstić information content (AvgIpc) is 2.73.